The van der Waals surface area contributed by atoms with E-state index in [0.717, 1.165) is 0 Å². The summed E-state index contributed by atoms with van der Waals surface area (Å²) in [7, 11) is -4.56. The number of phosphoric acid groups is 1. The average Bonchev–Trinajstić information content (AvgIpc) is 2.24. The van der Waals surface area contributed by atoms with Crippen LogP contribution in [0, 0.1) is 0 Å². The number of phosphoric ester groups is 1. The minimum atomic E-state index is -4.56. The minimum absolute atomic E-state index is 0. The largest absolute Gasteiger partial charge is 1.00 e. The number of Topliss-reactive ketones (excluding diaryl/α,β-unsaturated/α-hetero) is 2. The zero-order valence-electron chi connectivity index (χ0n) is 9.72. The van der Waals surface area contributed by atoms with Gasteiger partial charge in [0.1, 0.15) is 26.4 Å². The molecule has 9 nitrogen and oxygen atoms in total. The molecule has 0 radical (unpaired) electrons. The van der Waals surface area contributed by atoms with E-state index in [4.69, 9.17) is 25.1 Å². The first-order chi connectivity index (χ1) is 7.26. The molecule has 0 rings (SSSR count). The fourth-order valence-electron chi connectivity index (χ4n) is 0.252. The molecule has 12 heteroatoms. The first kappa shape index (κ1) is 27.7. The first-order valence-corrected chi connectivity index (χ1v) is 5.36. The molecule has 0 fully saturated rings. The third-order valence-electron chi connectivity index (χ3n) is 0.923. The molecule has 0 heterocycles. The van der Waals surface area contributed by atoms with E-state index in [1.54, 1.807) is 0 Å². The molecule has 0 aromatic carbocycles. The Hall–Kier alpha value is 1.40. The minimum Gasteiger partial charge on any atom is -0.577 e. The summed E-state index contributed by atoms with van der Waals surface area (Å²) in [5.41, 5.74) is 0. The van der Waals surface area contributed by atoms with Gasteiger partial charge in [0.25, 0.3) is 0 Å². The monoisotopic (exact) mass is 332 g/mol. The van der Waals surface area contributed by atoms with Gasteiger partial charge in [-0.3, -0.25) is 14.1 Å². The van der Waals surface area contributed by atoms with Gasteiger partial charge in [-0.2, -0.15) is 0 Å². The van der Waals surface area contributed by atoms with Crippen molar-refractivity contribution in [1.82, 2.24) is 0 Å². The molecule has 104 valence electrons. The summed E-state index contributed by atoms with van der Waals surface area (Å²) in [6.07, 6.45) is 0. The third kappa shape index (κ3) is 26.1. The molecule has 0 aromatic rings. The smallest absolute Gasteiger partial charge is 0.577 e. The molecule has 0 amide bonds. The van der Waals surface area contributed by atoms with E-state index in [9.17, 15) is 14.2 Å². The summed E-state index contributed by atoms with van der Waals surface area (Å²) in [5.74, 6) is -1.32. The fourth-order valence-corrected chi connectivity index (χ4v) is 0.564. The van der Waals surface area contributed by atoms with E-state index in [1.807, 2.05) is 0 Å². The number of ketones is 2. The van der Waals surface area contributed by atoms with Crippen molar-refractivity contribution in [2.45, 2.75) is 0 Å². The van der Waals surface area contributed by atoms with Gasteiger partial charge in [0.2, 0.25) is 0 Å². The van der Waals surface area contributed by atoms with Crippen LogP contribution in [0.3, 0.4) is 0 Å². The number of hydrogen-bond acceptors (Lipinski definition) is 7. The molecule has 0 atom stereocenters. The summed E-state index contributed by atoms with van der Waals surface area (Å²) in [5, 5.41) is 23.7. The van der Waals surface area contributed by atoms with Crippen molar-refractivity contribution in [3.05, 3.63) is 0 Å². The van der Waals surface area contributed by atoms with Crippen molar-refractivity contribution >= 4 is 29.3 Å². The number of aliphatic hydroxyl groups is 3. The summed E-state index contributed by atoms with van der Waals surface area (Å²) in [6, 6.07) is 0. The molecule has 0 saturated carbocycles. The second-order valence-electron chi connectivity index (χ2n) is 2.32. The van der Waals surface area contributed by atoms with Crippen molar-refractivity contribution in [3.8, 4) is 0 Å². The van der Waals surface area contributed by atoms with Gasteiger partial charge in [0.15, 0.2) is 11.6 Å². The quantitative estimate of drug-likeness (QED) is 0.236. The topological polar surface area (TPSA) is 162 Å². The Kier molecular flexibility index (Phi) is 25.3. The Bertz CT molecular complexity index is 260. The molecule has 5 N–H and O–H groups in total. The molecule has 0 aliphatic carbocycles. The maximum Gasteiger partial charge on any atom is 1.00 e. The van der Waals surface area contributed by atoms with E-state index >= 15 is 0 Å². The number of carbonyl (C=O) groups excluding carboxylic acids is 2. The van der Waals surface area contributed by atoms with Crippen LogP contribution in [0.5, 0.6) is 0 Å². The summed E-state index contributed by atoms with van der Waals surface area (Å²) in [6.45, 7) is -2.66. The van der Waals surface area contributed by atoms with Crippen LogP contribution in [-0.4, -0.2) is 63.1 Å². The first-order valence-electron chi connectivity index (χ1n) is 3.82. The van der Waals surface area contributed by atoms with Gasteiger partial charge in [0, 0.05) is 0 Å². The van der Waals surface area contributed by atoms with Gasteiger partial charge in [0.05, 0.1) is 0 Å². The maximum atomic E-state index is 10.1. The van der Waals surface area contributed by atoms with Crippen molar-refractivity contribution < 1.29 is 95.2 Å². The summed E-state index contributed by atoms with van der Waals surface area (Å²) >= 11 is 0. The summed E-state index contributed by atoms with van der Waals surface area (Å²) in [4.78, 5) is 35.9. The van der Waals surface area contributed by atoms with Crippen LogP contribution in [0.1, 0.15) is 0 Å². The standard InChI is InChI=1S/C3H7O6P.C3H6O3.K.H2P/c4-1-3(5)2-9-10(6,7)8;4-1-3(6)2-5;;/h4H,1-2H2,(H2,6,7,8);4-5H,1-2H2;;1H2/q;;+1;-1. The molecule has 0 aliphatic heterocycles. The van der Waals surface area contributed by atoms with Crippen molar-refractivity contribution in [2.75, 3.05) is 26.4 Å². The molecular weight excluding hydrogens is 317 g/mol. The van der Waals surface area contributed by atoms with Crippen LogP contribution < -0.4 is 51.4 Å². The second kappa shape index (κ2) is 16.5. The van der Waals surface area contributed by atoms with Crippen molar-refractivity contribution in [3.63, 3.8) is 0 Å². The predicted octanol–water partition coefficient (Wildman–Crippen LogP) is -5.47. The fraction of sp³-hybridized carbons (Fsp3) is 0.667. The maximum absolute atomic E-state index is 10.1. The summed E-state index contributed by atoms with van der Waals surface area (Å²) < 4.78 is 13.6. The number of hydrogen-bond donors (Lipinski definition) is 5. The van der Waals surface area contributed by atoms with Crippen LogP contribution >= 0.6 is 17.7 Å². The Labute approximate surface area is 149 Å². The van der Waals surface area contributed by atoms with Gasteiger partial charge in [-0.25, -0.2) is 4.57 Å². The van der Waals surface area contributed by atoms with Crippen LogP contribution in [0.15, 0.2) is 0 Å². The van der Waals surface area contributed by atoms with Gasteiger partial charge in [-0.15, -0.1) is 0 Å². The van der Waals surface area contributed by atoms with Crippen molar-refractivity contribution in [1.29, 1.82) is 0 Å². The van der Waals surface area contributed by atoms with Gasteiger partial charge >= 0.3 is 59.2 Å². The third-order valence-corrected chi connectivity index (χ3v) is 1.39. The molecule has 0 aromatic heterocycles. The zero-order valence-corrected chi connectivity index (χ0v) is 14.9. The molecule has 0 spiro atoms. The Morgan fingerprint density at radius 2 is 1.28 bits per heavy atom. The van der Waals surface area contributed by atoms with Crippen molar-refractivity contribution in [2.24, 2.45) is 0 Å². The van der Waals surface area contributed by atoms with Crippen LogP contribution in [0.2, 0.25) is 0 Å². The van der Waals surface area contributed by atoms with E-state index < -0.39 is 45.8 Å². The number of rotatable bonds is 6. The molecule has 0 unspecified atom stereocenters. The zero-order chi connectivity index (χ0) is 13.2. The van der Waals surface area contributed by atoms with E-state index in [1.165, 1.54) is 0 Å². The Morgan fingerprint density at radius 1 is 0.944 bits per heavy atom. The predicted molar refractivity (Wildman–Crippen MR) is 59.0 cm³/mol. The number of aliphatic hydroxyl groups excluding tert-OH is 3. The second-order valence-corrected chi connectivity index (χ2v) is 3.56. The number of carbonyl (C=O) groups is 2. The molecular formula is C6H15KO9P2. The van der Waals surface area contributed by atoms with Crippen LogP contribution in [-0.2, 0) is 18.7 Å². The van der Waals surface area contributed by atoms with E-state index in [0.29, 0.717) is 0 Å². The van der Waals surface area contributed by atoms with Crippen LogP contribution in [0.4, 0.5) is 0 Å². The molecule has 0 saturated heterocycles. The van der Waals surface area contributed by atoms with E-state index in [2.05, 4.69) is 4.52 Å². The van der Waals surface area contributed by atoms with Gasteiger partial charge in [-0.1, -0.05) is 0 Å². The normalized spacial score (nSPS) is 9.17. The van der Waals surface area contributed by atoms with Gasteiger partial charge in [-0.05, 0) is 0 Å². The molecule has 0 bridgehead atoms. The molecule has 0 aliphatic rings. The van der Waals surface area contributed by atoms with Crippen LogP contribution in [0.25, 0.3) is 0 Å². The average molecular weight is 332 g/mol. The van der Waals surface area contributed by atoms with Gasteiger partial charge < -0.3 is 35.0 Å². The molecule has 18 heavy (non-hydrogen) atoms. The SMILES string of the molecule is O=C(CO)CO.O=C(CO)COP(=O)(O)O.[K+].[PH2-]. The Balaban J connectivity index is -0.000000108. The van der Waals surface area contributed by atoms with E-state index in [-0.39, 0.29) is 61.3 Å². The Morgan fingerprint density at radius 3 is 1.44 bits per heavy atom.